The van der Waals surface area contributed by atoms with Crippen LogP contribution in [0.4, 0.5) is 17.1 Å². The molecule has 12 aromatic rings. The SMILES string of the molecule is c1ccc(-c2ccc(-c3ccc(N(c4ccc(-c5cccc6c5sc5c(-c7ccccc7)cccc56)cc4)c4ccccc4-c4ccccc4)cc3)cc2-c2cccc3ccccc23)cc1. The number of fused-ring (bicyclic) bond motifs is 4. The van der Waals surface area contributed by atoms with Gasteiger partial charge in [0, 0.05) is 37.1 Å². The predicted molar refractivity (Wildman–Crippen MR) is 284 cm³/mol. The number of hydrogen-bond donors (Lipinski definition) is 0. The van der Waals surface area contributed by atoms with Crippen molar-refractivity contribution in [3.63, 3.8) is 0 Å². The van der Waals surface area contributed by atoms with Gasteiger partial charge in [-0.2, -0.15) is 0 Å². The molecule has 0 spiro atoms. The number of rotatable bonds is 9. The van der Waals surface area contributed by atoms with Crippen molar-refractivity contribution < 1.29 is 0 Å². The van der Waals surface area contributed by atoms with Crippen molar-refractivity contribution in [3.8, 4) is 66.8 Å². The molecule has 0 bridgehead atoms. The summed E-state index contributed by atoms with van der Waals surface area (Å²) in [7, 11) is 0. The first kappa shape index (κ1) is 39.3. The van der Waals surface area contributed by atoms with Crippen LogP contribution >= 0.6 is 11.3 Å². The minimum absolute atomic E-state index is 1.09. The van der Waals surface area contributed by atoms with Gasteiger partial charge in [-0.3, -0.25) is 0 Å². The number of hydrogen-bond acceptors (Lipinski definition) is 2. The molecule has 0 fully saturated rings. The molecule has 2 heteroatoms. The Morgan fingerprint density at radius 2 is 0.667 bits per heavy atom. The maximum Gasteiger partial charge on any atom is 0.0540 e. The van der Waals surface area contributed by atoms with E-state index in [-0.39, 0.29) is 0 Å². The van der Waals surface area contributed by atoms with E-state index in [2.05, 4.69) is 266 Å². The molecular formula is C64H43NS. The second kappa shape index (κ2) is 17.0. The molecule has 0 unspecified atom stereocenters. The van der Waals surface area contributed by atoms with E-state index in [1.807, 2.05) is 11.3 Å². The van der Waals surface area contributed by atoms with Gasteiger partial charge in [-0.25, -0.2) is 0 Å². The van der Waals surface area contributed by atoms with Gasteiger partial charge in [-0.15, -0.1) is 11.3 Å². The van der Waals surface area contributed by atoms with E-state index in [0.717, 1.165) is 17.1 Å². The molecule has 310 valence electrons. The van der Waals surface area contributed by atoms with Crippen LogP contribution in [0.5, 0.6) is 0 Å². The highest BCUT2D eigenvalue weighted by atomic mass is 32.1. The molecule has 0 aliphatic rings. The van der Waals surface area contributed by atoms with Gasteiger partial charge in [0.2, 0.25) is 0 Å². The number of nitrogens with zero attached hydrogens (tertiary/aromatic N) is 1. The van der Waals surface area contributed by atoms with Crippen molar-refractivity contribution in [2.24, 2.45) is 0 Å². The van der Waals surface area contributed by atoms with E-state index in [9.17, 15) is 0 Å². The van der Waals surface area contributed by atoms with Crippen LogP contribution in [0.15, 0.2) is 261 Å². The second-order valence-corrected chi connectivity index (χ2v) is 17.8. The Kier molecular flexibility index (Phi) is 10.1. The Balaban J connectivity index is 0.958. The van der Waals surface area contributed by atoms with Gasteiger partial charge in [-0.1, -0.05) is 224 Å². The monoisotopic (exact) mass is 857 g/mol. The quantitative estimate of drug-likeness (QED) is 0.140. The van der Waals surface area contributed by atoms with Crippen LogP contribution in [-0.4, -0.2) is 0 Å². The minimum atomic E-state index is 1.09. The van der Waals surface area contributed by atoms with E-state index in [0.29, 0.717) is 0 Å². The average Bonchev–Trinajstić information content (AvgIpc) is 3.79. The van der Waals surface area contributed by atoms with Crippen molar-refractivity contribution in [2.75, 3.05) is 4.90 Å². The van der Waals surface area contributed by atoms with Gasteiger partial charge in [0.1, 0.15) is 0 Å². The van der Waals surface area contributed by atoms with Crippen LogP contribution in [0.1, 0.15) is 0 Å². The van der Waals surface area contributed by atoms with Crippen molar-refractivity contribution >= 4 is 59.3 Å². The van der Waals surface area contributed by atoms with Gasteiger partial charge in [0.05, 0.1) is 5.69 Å². The Labute approximate surface area is 389 Å². The molecule has 0 atom stereocenters. The number of thiophene rings is 1. The Bertz CT molecular complexity index is 3660. The smallest absolute Gasteiger partial charge is 0.0540 e. The van der Waals surface area contributed by atoms with Crippen LogP contribution in [0.2, 0.25) is 0 Å². The lowest BCUT2D eigenvalue weighted by Crippen LogP contribution is -2.11. The third kappa shape index (κ3) is 7.15. The van der Waals surface area contributed by atoms with E-state index < -0.39 is 0 Å². The third-order valence-electron chi connectivity index (χ3n) is 12.9. The summed E-state index contributed by atoms with van der Waals surface area (Å²) in [5, 5.41) is 5.09. The summed E-state index contributed by atoms with van der Waals surface area (Å²) in [6, 6.07) is 94.9. The van der Waals surface area contributed by atoms with Crippen molar-refractivity contribution in [1.82, 2.24) is 0 Å². The first-order chi connectivity index (χ1) is 32.7. The van der Waals surface area contributed by atoms with Crippen LogP contribution < -0.4 is 4.90 Å². The lowest BCUT2D eigenvalue weighted by Gasteiger charge is -2.28. The minimum Gasteiger partial charge on any atom is -0.310 e. The summed E-state index contributed by atoms with van der Waals surface area (Å²) in [5.41, 5.74) is 17.9. The fraction of sp³-hybridized carbons (Fsp3) is 0. The molecule has 0 saturated carbocycles. The lowest BCUT2D eigenvalue weighted by atomic mass is 9.89. The summed E-state index contributed by atoms with van der Waals surface area (Å²) >= 11 is 1.90. The highest BCUT2D eigenvalue weighted by Crippen LogP contribution is 2.46. The Hall–Kier alpha value is -8.30. The zero-order chi connectivity index (χ0) is 43.8. The van der Waals surface area contributed by atoms with Crippen LogP contribution in [0.3, 0.4) is 0 Å². The van der Waals surface area contributed by atoms with Crippen molar-refractivity contribution in [3.05, 3.63) is 261 Å². The van der Waals surface area contributed by atoms with Gasteiger partial charge in [-0.05, 0) is 108 Å². The predicted octanol–water partition coefficient (Wildman–Crippen LogP) is 18.7. The van der Waals surface area contributed by atoms with E-state index in [4.69, 9.17) is 0 Å². The molecule has 0 amide bonds. The van der Waals surface area contributed by atoms with Gasteiger partial charge >= 0.3 is 0 Å². The molecule has 0 aliphatic carbocycles. The maximum atomic E-state index is 2.40. The molecule has 1 aromatic heterocycles. The molecule has 0 saturated heterocycles. The van der Waals surface area contributed by atoms with Gasteiger partial charge in [0.15, 0.2) is 0 Å². The molecule has 0 N–H and O–H groups in total. The summed E-state index contributed by atoms with van der Waals surface area (Å²) < 4.78 is 2.64. The Morgan fingerprint density at radius 3 is 1.30 bits per heavy atom. The highest BCUT2D eigenvalue weighted by Gasteiger charge is 2.20. The normalized spacial score (nSPS) is 11.3. The van der Waals surface area contributed by atoms with Gasteiger partial charge < -0.3 is 4.90 Å². The zero-order valence-electron chi connectivity index (χ0n) is 36.2. The maximum absolute atomic E-state index is 2.40. The molecule has 0 radical (unpaired) electrons. The standard InChI is InChI=1S/C64H43NS/c1-4-17-45(18-5-1)54-42-37-50(43-61(54)58-29-14-24-46-23-10-11-25-53(46)58)44-33-38-51(39-34-44)65(62-32-13-12-26-55(62)47-19-6-2-7-20-47)52-40-35-49(36-41-52)57-28-16-31-60-59-30-15-27-56(63(59)66-64(57)60)48-21-8-3-9-22-48/h1-43H. The number of anilines is 3. The highest BCUT2D eigenvalue weighted by molar-refractivity contribution is 7.26. The fourth-order valence-electron chi connectivity index (χ4n) is 9.72. The summed E-state index contributed by atoms with van der Waals surface area (Å²) in [6.45, 7) is 0. The average molecular weight is 858 g/mol. The summed E-state index contributed by atoms with van der Waals surface area (Å²) in [5.74, 6) is 0. The Morgan fingerprint density at radius 1 is 0.242 bits per heavy atom. The first-order valence-corrected chi connectivity index (χ1v) is 23.4. The molecule has 1 heterocycles. The van der Waals surface area contributed by atoms with E-state index in [1.165, 1.54) is 97.7 Å². The van der Waals surface area contributed by atoms with Crippen LogP contribution in [-0.2, 0) is 0 Å². The van der Waals surface area contributed by atoms with E-state index >= 15 is 0 Å². The van der Waals surface area contributed by atoms with Crippen molar-refractivity contribution in [2.45, 2.75) is 0 Å². The van der Waals surface area contributed by atoms with Crippen LogP contribution in [0.25, 0.3) is 97.7 Å². The number of benzene rings is 11. The molecule has 1 nitrogen and oxygen atoms in total. The van der Waals surface area contributed by atoms with Gasteiger partial charge in [0.25, 0.3) is 0 Å². The summed E-state index contributed by atoms with van der Waals surface area (Å²) in [6.07, 6.45) is 0. The zero-order valence-corrected chi connectivity index (χ0v) is 37.0. The number of para-hydroxylation sites is 1. The second-order valence-electron chi connectivity index (χ2n) is 16.8. The largest absolute Gasteiger partial charge is 0.310 e. The summed E-state index contributed by atoms with van der Waals surface area (Å²) in [4.78, 5) is 2.40. The molecule has 11 aromatic carbocycles. The molecule has 66 heavy (non-hydrogen) atoms. The molecule has 0 aliphatic heterocycles. The molecular weight excluding hydrogens is 815 g/mol. The first-order valence-electron chi connectivity index (χ1n) is 22.6. The van der Waals surface area contributed by atoms with Crippen molar-refractivity contribution in [1.29, 1.82) is 0 Å². The topological polar surface area (TPSA) is 3.24 Å². The van der Waals surface area contributed by atoms with Crippen LogP contribution in [0, 0.1) is 0 Å². The fourth-order valence-corrected chi connectivity index (χ4v) is 11.1. The third-order valence-corrected chi connectivity index (χ3v) is 14.2. The van der Waals surface area contributed by atoms with E-state index in [1.54, 1.807) is 0 Å². The lowest BCUT2D eigenvalue weighted by molar-refractivity contribution is 1.28. The molecule has 12 rings (SSSR count).